The summed E-state index contributed by atoms with van der Waals surface area (Å²) in [6, 6.07) is 14.6. The van der Waals surface area contributed by atoms with Crippen LogP contribution in [0, 0.1) is 0 Å². The van der Waals surface area contributed by atoms with Gasteiger partial charge in [0.25, 0.3) is 11.1 Å². The lowest BCUT2D eigenvalue weighted by Crippen LogP contribution is -2.27. The number of imide groups is 1. The van der Waals surface area contributed by atoms with Crippen LogP contribution in [0.4, 0.5) is 4.79 Å². The molecule has 6 heteroatoms. The molecule has 2 amide bonds. The van der Waals surface area contributed by atoms with Crippen LogP contribution in [0.25, 0.3) is 6.08 Å². The maximum Gasteiger partial charge on any atom is 0.293 e. The Bertz CT molecular complexity index is 820. The molecular weight excluding hydrogens is 346 g/mol. The van der Waals surface area contributed by atoms with Crippen molar-refractivity contribution >= 4 is 40.6 Å². The normalized spacial score (nSPS) is 16.1. The molecule has 4 nitrogen and oxygen atoms in total. The number of methoxy groups -OCH3 is 1. The molecule has 0 aliphatic carbocycles. The van der Waals surface area contributed by atoms with Gasteiger partial charge in [-0.3, -0.25) is 14.5 Å². The van der Waals surface area contributed by atoms with Gasteiger partial charge in [0, 0.05) is 0 Å². The minimum atomic E-state index is -0.291. The number of benzene rings is 2. The van der Waals surface area contributed by atoms with E-state index >= 15 is 0 Å². The van der Waals surface area contributed by atoms with Crippen molar-refractivity contribution in [3.05, 3.63) is 69.6 Å². The van der Waals surface area contributed by atoms with Crippen LogP contribution >= 0.6 is 23.4 Å². The first kappa shape index (κ1) is 16.6. The first-order chi connectivity index (χ1) is 11.6. The molecule has 3 rings (SSSR count). The minimum Gasteiger partial charge on any atom is -0.495 e. The molecule has 0 radical (unpaired) electrons. The van der Waals surface area contributed by atoms with Crippen LogP contribution in [0.3, 0.4) is 0 Å². The Balaban J connectivity index is 1.82. The quantitative estimate of drug-likeness (QED) is 0.749. The topological polar surface area (TPSA) is 46.6 Å². The summed E-state index contributed by atoms with van der Waals surface area (Å²) < 4.78 is 5.10. The highest BCUT2D eigenvalue weighted by molar-refractivity contribution is 8.18. The average molecular weight is 360 g/mol. The predicted molar refractivity (Wildman–Crippen MR) is 96.0 cm³/mol. The number of hydrogen-bond donors (Lipinski definition) is 0. The second-order valence-electron chi connectivity index (χ2n) is 5.15. The van der Waals surface area contributed by atoms with E-state index in [2.05, 4.69) is 0 Å². The van der Waals surface area contributed by atoms with Gasteiger partial charge in [-0.25, -0.2) is 0 Å². The fourth-order valence-electron chi connectivity index (χ4n) is 2.33. The summed E-state index contributed by atoms with van der Waals surface area (Å²) in [6.45, 7) is 0.270. The van der Waals surface area contributed by atoms with Crippen molar-refractivity contribution in [2.24, 2.45) is 0 Å². The second-order valence-corrected chi connectivity index (χ2v) is 6.55. The Morgan fingerprint density at radius 3 is 2.58 bits per heavy atom. The molecule has 0 bridgehead atoms. The third kappa shape index (κ3) is 3.47. The summed E-state index contributed by atoms with van der Waals surface area (Å²) in [7, 11) is 1.54. The number of amides is 2. The van der Waals surface area contributed by atoms with E-state index in [4.69, 9.17) is 16.3 Å². The van der Waals surface area contributed by atoms with Crippen molar-refractivity contribution in [2.45, 2.75) is 6.54 Å². The fourth-order valence-corrected chi connectivity index (χ4v) is 3.43. The van der Waals surface area contributed by atoms with E-state index in [-0.39, 0.29) is 17.7 Å². The molecule has 0 N–H and O–H groups in total. The zero-order chi connectivity index (χ0) is 17.1. The summed E-state index contributed by atoms with van der Waals surface area (Å²) in [6.07, 6.45) is 1.67. The lowest BCUT2D eigenvalue weighted by Gasteiger charge is -2.12. The molecule has 0 unspecified atom stereocenters. The highest BCUT2D eigenvalue weighted by Gasteiger charge is 2.34. The number of ether oxygens (including phenoxy) is 1. The van der Waals surface area contributed by atoms with Gasteiger partial charge >= 0.3 is 0 Å². The first-order valence-corrected chi connectivity index (χ1v) is 8.41. The number of halogens is 1. The van der Waals surface area contributed by atoms with Crippen LogP contribution in [0.2, 0.25) is 5.02 Å². The third-order valence-corrected chi connectivity index (χ3v) is 4.73. The standard InChI is InChI=1S/C18H14ClNO3S/c1-23-15-8-7-13(9-14(15)19)10-16-17(21)20(18(22)24-16)11-12-5-3-2-4-6-12/h2-10H,11H2,1H3/b16-10-. The van der Waals surface area contributed by atoms with Crippen LogP contribution in [0.1, 0.15) is 11.1 Å². The number of nitrogens with zero attached hydrogens (tertiary/aromatic N) is 1. The van der Waals surface area contributed by atoms with Crippen molar-refractivity contribution < 1.29 is 14.3 Å². The molecule has 0 atom stereocenters. The summed E-state index contributed by atoms with van der Waals surface area (Å²) in [5, 5.41) is 0.185. The number of hydrogen-bond acceptors (Lipinski definition) is 4. The van der Waals surface area contributed by atoms with E-state index < -0.39 is 0 Å². The van der Waals surface area contributed by atoms with Crippen molar-refractivity contribution in [1.82, 2.24) is 4.90 Å². The maximum absolute atomic E-state index is 12.5. The summed E-state index contributed by atoms with van der Waals surface area (Å²) in [4.78, 5) is 26.3. The molecule has 0 spiro atoms. The Morgan fingerprint density at radius 2 is 1.92 bits per heavy atom. The molecule has 1 fully saturated rings. The summed E-state index contributed by atoms with van der Waals surface area (Å²) in [5.74, 6) is 0.270. The highest BCUT2D eigenvalue weighted by atomic mass is 35.5. The zero-order valence-electron chi connectivity index (χ0n) is 12.9. The molecule has 2 aromatic rings. The van der Waals surface area contributed by atoms with Crippen LogP contribution in [0.15, 0.2) is 53.4 Å². The molecule has 0 saturated carbocycles. The number of rotatable bonds is 4. The number of thioether (sulfide) groups is 1. The van der Waals surface area contributed by atoms with Gasteiger partial charge in [0.05, 0.1) is 23.6 Å². The largest absolute Gasteiger partial charge is 0.495 e. The zero-order valence-corrected chi connectivity index (χ0v) is 14.4. The summed E-state index contributed by atoms with van der Waals surface area (Å²) >= 11 is 7.03. The fraction of sp³-hybridized carbons (Fsp3) is 0.111. The first-order valence-electron chi connectivity index (χ1n) is 7.21. The van der Waals surface area contributed by atoms with Gasteiger partial charge in [0.15, 0.2) is 0 Å². The van der Waals surface area contributed by atoms with Gasteiger partial charge in [-0.2, -0.15) is 0 Å². The molecule has 122 valence electrons. The van der Waals surface area contributed by atoms with E-state index in [0.29, 0.717) is 15.7 Å². The molecule has 24 heavy (non-hydrogen) atoms. The Kier molecular flexibility index (Phi) is 4.92. The minimum absolute atomic E-state index is 0.269. The number of carbonyl (C=O) groups is 2. The van der Waals surface area contributed by atoms with E-state index in [1.807, 2.05) is 30.3 Å². The molecule has 1 heterocycles. The van der Waals surface area contributed by atoms with E-state index in [1.54, 1.807) is 24.3 Å². The van der Waals surface area contributed by atoms with Gasteiger partial charge in [0.1, 0.15) is 5.75 Å². The second kappa shape index (κ2) is 7.11. The number of carbonyl (C=O) groups excluding carboxylic acids is 2. The van der Waals surface area contributed by atoms with E-state index in [1.165, 1.54) is 12.0 Å². The third-order valence-electron chi connectivity index (χ3n) is 3.53. The van der Waals surface area contributed by atoms with E-state index in [9.17, 15) is 9.59 Å². The average Bonchev–Trinajstić information content (AvgIpc) is 2.84. The highest BCUT2D eigenvalue weighted by Crippen LogP contribution is 2.34. The van der Waals surface area contributed by atoms with Crippen LogP contribution in [-0.2, 0) is 11.3 Å². The molecule has 1 aliphatic rings. The summed E-state index contributed by atoms with van der Waals surface area (Å²) in [5.41, 5.74) is 1.65. The van der Waals surface area contributed by atoms with Crippen LogP contribution in [0.5, 0.6) is 5.75 Å². The molecular formula is C18H14ClNO3S. The lowest BCUT2D eigenvalue weighted by atomic mass is 10.2. The lowest BCUT2D eigenvalue weighted by molar-refractivity contribution is -0.123. The monoisotopic (exact) mass is 359 g/mol. The Hall–Kier alpha value is -2.24. The Labute approximate surface area is 149 Å². The van der Waals surface area contributed by atoms with Gasteiger partial charge in [-0.1, -0.05) is 48.0 Å². The SMILES string of the molecule is COc1ccc(/C=C2\SC(=O)N(Cc3ccccc3)C2=O)cc1Cl. The molecule has 2 aromatic carbocycles. The van der Waals surface area contributed by atoms with Gasteiger partial charge in [-0.05, 0) is 41.1 Å². The van der Waals surface area contributed by atoms with Crippen molar-refractivity contribution in [1.29, 1.82) is 0 Å². The van der Waals surface area contributed by atoms with Crippen LogP contribution < -0.4 is 4.74 Å². The predicted octanol–water partition coefficient (Wildman–Crippen LogP) is 4.59. The van der Waals surface area contributed by atoms with Gasteiger partial charge in [0.2, 0.25) is 0 Å². The van der Waals surface area contributed by atoms with Crippen LogP contribution in [-0.4, -0.2) is 23.2 Å². The molecule has 1 aliphatic heterocycles. The smallest absolute Gasteiger partial charge is 0.293 e. The maximum atomic E-state index is 12.5. The van der Waals surface area contributed by atoms with E-state index in [0.717, 1.165) is 22.9 Å². The molecule has 1 saturated heterocycles. The van der Waals surface area contributed by atoms with Gasteiger partial charge < -0.3 is 4.74 Å². The Morgan fingerprint density at radius 1 is 1.17 bits per heavy atom. The van der Waals surface area contributed by atoms with Crippen molar-refractivity contribution in [2.75, 3.05) is 7.11 Å². The van der Waals surface area contributed by atoms with Crippen molar-refractivity contribution in [3.8, 4) is 5.75 Å². The van der Waals surface area contributed by atoms with Crippen molar-refractivity contribution in [3.63, 3.8) is 0 Å². The molecule has 0 aromatic heterocycles. The van der Waals surface area contributed by atoms with Gasteiger partial charge in [-0.15, -0.1) is 0 Å².